The Morgan fingerprint density at radius 2 is 1.71 bits per heavy atom. The van der Waals surface area contributed by atoms with E-state index in [1.165, 1.54) is 17.8 Å². The van der Waals surface area contributed by atoms with Gasteiger partial charge in [-0.1, -0.05) is 47.2 Å². The molecule has 0 saturated carbocycles. The molecule has 7 nitrogen and oxygen atoms in total. The Labute approximate surface area is 200 Å². The molecule has 0 aliphatic carbocycles. The van der Waals surface area contributed by atoms with Gasteiger partial charge in [-0.2, -0.15) is 0 Å². The van der Waals surface area contributed by atoms with Gasteiger partial charge in [0.05, 0.1) is 15.7 Å². The lowest BCUT2D eigenvalue weighted by molar-refractivity contribution is -0.121. The number of anilines is 1. The summed E-state index contributed by atoms with van der Waals surface area (Å²) in [6.07, 6.45) is -0.290. The number of carbonyl (C=O) groups excluding carboxylic acids is 3. The molecule has 0 bridgehead atoms. The van der Waals surface area contributed by atoms with Crippen molar-refractivity contribution in [2.45, 2.75) is 38.0 Å². The standard InChI is InChI=1S/C20H23Cl2N3O4S2/c1-20(2,3)29-18(28)23-6-8-24(9-7-23)19(30)31-15-11-16(26)25(17(15)27)12-4-5-13(21)14(22)10-12/h4-5,10,15H,6-9,11H2,1-3H3/t15-/m0/s1. The minimum atomic E-state index is -0.599. The van der Waals surface area contributed by atoms with Crippen molar-refractivity contribution < 1.29 is 19.1 Å². The van der Waals surface area contributed by atoms with Crippen LogP contribution in [0.1, 0.15) is 27.2 Å². The van der Waals surface area contributed by atoms with Crippen molar-refractivity contribution in [1.29, 1.82) is 0 Å². The van der Waals surface area contributed by atoms with Crippen molar-refractivity contribution in [2.24, 2.45) is 0 Å². The van der Waals surface area contributed by atoms with E-state index < -0.39 is 10.9 Å². The highest BCUT2D eigenvalue weighted by molar-refractivity contribution is 8.23. The normalized spacial score (nSPS) is 19.8. The lowest BCUT2D eigenvalue weighted by atomic mass is 10.2. The summed E-state index contributed by atoms with van der Waals surface area (Å²) in [7, 11) is 0. The molecule has 0 N–H and O–H groups in total. The number of carbonyl (C=O) groups is 3. The average Bonchev–Trinajstić information content (AvgIpc) is 2.96. The van der Waals surface area contributed by atoms with Gasteiger partial charge in [-0.15, -0.1) is 0 Å². The Morgan fingerprint density at radius 1 is 1.10 bits per heavy atom. The summed E-state index contributed by atoms with van der Waals surface area (Å²) in [5.41, 5.74) is -0.154. The van der Waals surface area contributed by atoms with Gasteiger partial charge in [-0.3, -0.25) is 9.59 Å². The maximum atomic E-state index is 12.9. The number of hydrogen-bond donors (Lipinski definition) is 0. The molecule has 3 amide bonds. The molecule has 0 spiro atoms. The van der Waals surface area contributed by atoms with Crippen molar-refractivity contribution in [3.8, 4) is 0 Å². The van der Waals surface area contributed by atoms with Crippen molar-refractivity contribution in [1.82, 2.24) is 9.80 Å². The smallest absolute Gasteiger partial charge is 0.410 e. The van der Waals surface area contributed by atoms with Crippen LogP contribution in [0.4, 0.5) is 10.5 Å². The van der Waals surface area contributed by atoms with Crippen LogP contribution >= 0.6 is 47.2 Å². The molecular formula is C20H23Cl2N3O4S2. The van der Waals surface area contributed by atoms with E-state index in [4.69, 9.17) is 40.2 Å². The van der Waals surface area contributed by atoms with Crippen molar-refractivity contribution in [3.63, 3.8) is 0 Å². The van der Waals surface area contributed by atoms with Gasteiger partial charge >= 0.3 is 6.09 Å². The molecule has 2 fully saturated rings. The summed E-state index contributed by atoms with van der Waals surface area (Å²) in [5, 5.41) is 0.0229. The Hall–Kier alpha value is -1.55. The van der Waals surface area contributed by atoms with Crippen LogP contribution in [0.2, 0.25) is 10.0 Å². The maximum Gasteiger partial charge on any atom is 0.410 e. The minimum absolute atomic E-state index is 0.0573. The number of imide groups is 1. The molecule has 2 aliphatic rings. The molecule has 0 aromatic heterocycles. The number of rotatable bonds is 2. The monoisotopic (exact) mass is 503 g/mol. The molecule has 1 aromatic carbocycles. The van der Waals surface area contributed by atoms with Crippen LogP contribution in [-0.4, -0.2) is 69.1 Å². The van der Waals surface area contributed by atoms with Crippen LogP contribution in [0.3, 0.4) is 0 Å². The summed E-state index contributed by atoms with van der Waals surface area (Å²) in [6, 6.07) is 4.64. The van der Waals surface area contributed by atoms with Crippen molar-refractivity contribution >= 4 is 75.1 Å². The van der Waals surface area contributed by atoms with Gasteiger partial charge < -0.3 is 14.5 Å². The molecule has 2 aliphatic heterocycles. The molecule has 168 valence electrons. The molecule has 2 heterocycles. The fraction of sp³-hybridized carbons (Fsp3) is 0.500. The minimum Gasteiger partial charge on any atom is -0.444 e. The first-order valence-electron chi connectivity index (χ1n) is 9.71. The van der Waals surface area contributed by atoms with Gasteiger partial charge in [0.25, 0.3) is 0 Å². The van der Waals surface area contributed by atoms with E-state index >= 15 is 0 Å². The lowest BCUT2D eigenvalue weighted by Gasteiger charge is -2.36. The van der Waals surface area contributed by atoms with E-state index in [-0.39, 0.29) is 29.4 Å². The molecule has 2 saturated heterocycles. The zero-order valence-corrected chi connectivity index (χ0v) is 20.5. The highest BCUT2D eigenvalue weighted by atomic mass is 35.5. The van der Waals surface area contributed by atoms with Crippen LogP contribution in [0.25, 0.3) is 0 Å². The topological polar surface area (TPSA) is 70.2 Å². The van der Waals surface area contributed by atoms with Crippen LogP contribution in [-0.2, 0) is 14.3 Å². The second kappa shape index (κ2) is 9.52. The number of hydrogen-bond acceptors (Lipinski definition) is 6. The lowest BCUT2D eigenvalue weighted by Crippen LogP contribution is -2.51. The number of benzene rings is 1. The van der Waals surface area contributed by atoms with E-state index in [1.807, 2.05) is 25.7 Å². The Bertz CT molecular complexity index is 914. The molecule has 0 unspecified atom stereocenters. The van der Waals surface area contributed by atoms with E-state index in [0.717, 1.165) is 4.90 Å². The van der Waals surface area contributed by atoms with Gasteiger partial charge in [0, 0.05) is 32.6 Å². The van der Waals surface area contributed by atoms with E-state index in [2.05, 4.69) is 0 Å². The fourth-order valence-corrected chi connectivity index (χ4v) is 5.02. The number of thiocarbonyl (C=S) groups is 1. The summed E-state index contributed by atoms with van der Waals surface area (Å²) in [6.45, 7) is 7.51. The van der Waals surface area contributed by atoms with E-state index in [9.17, 15) is 14.4 Å². The highest BCUT2D eigenvalue weighted by Gasteiger charge is 2.41. The zero-order valence-electron chi connectivity index (χ0n) is 17.4. The number of piperazine rings is 1. The van der Waals surface area contributed by atoms with Gasteiger partial charge in [-0.25, -0.2) is 9.69 Å². The molecule has 31 heavy (non-hydrogen) atoms. The van der Waals surface area contributed by atoms with Crippen LogP contribution in [0.15, 0.2) is 18.2 Å². The summed E-state index contributed by atoms with van der Waals surface area (Å²) in [5.74, 6) is -0.637. The van der Waals surface area contributed by atoms with Crippen LogP contribution in [0.5, 0.6) is 0 Å². The largest absolute Gasteiger partial charge is 0.444 e. The zero-order chi connectivity index (χ0) is 22.9. The second-order valence-electron chi connectivity index (χ2n) is 8.20. The first-order chi connectivity index (χ1) is 14.5. The van der Waals surface area contributed by atoms with Gasteiger partial charge in [-0.05, 0) is 39.0 Å². The Balaban J connectivity index is 1.56. The Kier molecular flexibility index (Phi) is 7.40. The molecular weight excluding hydrogens is 481 g/mol. The summed E-state index contributed by atoms with van der Waals surface area (Å²) < 4.78 is 5.93. The predicted octanol–water partition coefficient (Wildman–Crippen LogP) is 4.20. The number of nitrogens with zero attached hydrogens (tertiary/aromatic N) is 3. The molecule has 0 radical (unpaired) electrons. The third-order valence-electron chi connectivity index (χ3n) is 4.70. The average molecular weight is 504 g/mol. The third kappa shape index (κ3) is 5.83. The number of thioether (sulfide) groups is 1. The highest BCUT2D eigenvalue weighted by Crippen LogP contribution is 2.34. The summed E-state index contributed by atoms with van der Waals surface area (Å²) >= 11 is 18.7. The van der Waals surface area contributed by atoms with Gasteiger partial charge in [0.2, 0.25) is 11.8 Å². The number of ether oxygens (including phenoxy) is 1. The van der Waals surface area contributed by atoms with E-state index in [1.54, 1.807) is 17.0 Å². The van der Waals surface area contributed by atoms with Crippen molar-refractivity contribution in [3.05, 3.63) is 28.2 Å². The van der Waals surface area contributed by atoms with Gasteiger partial charge in [0.1, 0.15) is 15.2 Å². The molecule has 1 aromatic rings. The van der Waals surface area contributed by atoms with Gasteiger partial charge in [0.15, 0.2) is 0 Å². The van der Waals surface area contributed by atoms with E-state index in [0.29, 0.717) is 41.2 Å². The first kappa shape index (κ1) is 24.1. The first-order valence-corrected chi connectivity index (χ1v) is 11.8. The SMILES string of the molecule is CC(C)(C)OC(=O)N1CCN(C(=S)S[C@H]2CC(=O)N(c3ccc(Cl)c(Cl)c3)C2=O)CC1. The van der Waals surface area contributed by atoms with Crippen molar-refractivity contribution in [2.75, 3.05) is 31.1 Å². The third-order valence-corrected chi connectivity index (χ3v) is 7.10. The molecule has 1 atom stereocenters. The Morgan fingerprint density at radius 3 is 2.29 bits per heavy atom. The second-order valence-corrected chi connectivity index (χ2v) is 10.8. The quantitative estimate of drug-likeness (QED) is 0.442. The molecule has 11 heteroatoms. The number of halogens is 2. The number of amides is 3. The van der Waals surface area contributed by atoms with Crippen LogP contribution < -0.4 is 4.90 Å². The maximum absolute atomic E-state index is 12.9. The van der Waals surface area contributed by atoms with Crippen LogP contribution in [0, 0.1) is 0 Å². The summed E-state index contributed by atoms with van der Waals surface area (Å²) in [4.78, 5) is 42.3. The predicted molar refractivity (Wildman–Crippen MR) is 127 cm³/mol. The molecule has 3 rings (SSSR count). The fourth-order valence-electron chi connectivity index (χ4n) is 3.19.